The van der Waals surface area contributed by atoms with E-state index in [1.54, 1.807) is 48.8 Å². The van der Waals surface area contributed by atoms with Gasteiger partial charge in [0.1, 0.15) is 11.5 Å². The number of pyridine rings is 1. The smallest absolute Gasteiger partial charge is 0.300 e. The first kappa shape index (κ1) is 24.5. The van der Waals surface area contributed by atoms with Gasteiger partial charge in [0.15, 0.2) is 0 Å². The van der Waals surface area contributed by atoms with E-state index in [0.717, 1.165) is 31.9 Å². The highest BCUT2D eigenvalue weighted by molar-refractivity contribution is 6.51. The van der Waals surface area contributed by atoms with Gasteiger partial charge in [-0.2, -0.15) is 0 Å². The predicted molar refractivity (Wildman–Crippen MR) is 143 cm³/mol. The maximum atomic E-state index is 13.4. The third-order valence-electron chi connectivity index (χ3n) is 6.88. The van der Waals surface area contributed by atoms with Crippen molar-refractivity contribution in [3.05, 3.63) is 89.8 Å². The molecule has 1 aromatic heterocycles. The van der Waals surface area contributed by atoms with E-state index < -0.39 is 17.7 Å². The minimum Gasteiger partial charge on any atom is -0.507 e. The molecule has 3 heterocycles. The van der Waals surface area contributed by atoms with Crippen LogP contribution in [-0.4, -0.2) is 66.5 Å². The summed E-state index contributed by atoms with van der Waals surface area (Å²) in [5, 5.41) is 11.3. The van der Waals surface area contributed by atoms with Crippen LogP contribution in [0.25, 0.3) is 5.76 Å². The highest BCUT2D eigenvalue weighted by Gasteiger charge is 2.47. The molecule has 0 aliphatic carbocycles. The Morgan fingerprint density at radius 2 is 1.65 bits per heavy atom. The summed E-state index contributed by atoms with van der Waals surface area (Å²) >= 11 is 0. The predicted octanol–water partition coefficient (Wildman–Crippen LogP) is 3.86. The van der Waals surface area contributed by atoms with Gasteiger partial charge in [-0.15, -0.1) is 0 Å². The highest BCUT2D eigenvalue weighted by Crippen LogP contribution is 2.42. The quantitative estimate of drug-likeness (QED) is 0.314. The Morgan fingerprint density at radius 1 is 0.973 bits per heavy atom. The van der Waals surface area contributed by atoms with Crippen LogP contribution in [-0.2, 0) is 9.59 Å². The van der Waals surface area contributed by atoms with Gasteiger partial charge in [0, 0.05) is 55.5 Å². The van der Waals surface area contributed by atoms with Crippen LogP contribution in [0.15, 0.2) is 78.6 Å². The van der Waals surface area contributed by atoms with Crippen molar-refractivity contribution in [1.82, 2.24) is 9.88 Å². The molecular weight excluding hydrogens is 468 g/mol. The fourth-order valence-corrected chi connectivity index (χ4v) is 4.87. The van der Waals surface area contributed by atoms with Crippen LogP contribution < -0.4 is 14.5 Å². The third kappa shape index (κ3) is 4.80. The number of aliphatic hydroxyl groups is 1. The van der Waals surface area contributed by atoms with Gasteiger partial charge in [-0.3, -0.25) is 19.5 Å². The average molecular weight is 499 g/mol. The number of piperazine rings is 1. The zero-order valence-corrected chi connectivity index (χ0v) is 21.0. The summed E-state index contributed by atoms with van der Waals surface area (Å²) in [5.74, 6) is -0.993. The van der Waals surface area contributed by atoms with Crippen LogP contribution in [0, 0.1) is 0 Å². The van der Waals surface area contributed by atoms with Crippen LogP contribution in [0.2, 0.25) is 0 Å². The molecule has 8 nitrogen and oxygen atoms in total. The molecule has 0 radical (unpaired) electrons. The van der Waals surface area contributed by atoms with Crippen LogP contribution in [0.4, 0.5) is 11.4 Å². The molecule has 1 N–H and O–H groups in total. The van der Waals surface area contributed by atoms with Crippen molar-refractivity contribution in [2.45, 2.75) is 13.0 Å². The number of aromatic nitrogens is 1. The molecule has 5 rings (SSSR count). The number of aliphatic hydroxyl groups excluding tert-OH is 1. The second kappa shape index (κ2) is 10.4. The summed E-state index contributed by atoms with van der Waals surface area (Å²) in [6.45, 7) is 6.24. The van der Waals surface area contributed by atoms with Gasteiger partial charge in [0.25, 0.3) is 11.7 Å². The molecule has 190 valence electrons. The summed E-state index contributed by atoms with van der Waals surface area (Å²) in [6.07, 6.45) is 3.25. The Morgan fingerprint density at radius 3 is 2.27 bits per heavy atom. The van der Waals surface area contributed by atoms with Crippen LogP contribution in [0.3, 0.4) is 0 Å². The monoisotopic (exact) mass is 498 g/mol. The van der Waals surface area contributed by atoms with Crippen molar-refractivity contribution < 1.29 is 19.4 Å². The van der Waals surface area contributed by atoms with E-state index in [1.807, 2.05) is 31.2 Å². The van der Waals surface area contributed by atoms with E-state index in [1.165, 1.54) is 4.90 Å². The van der Waals surface area contributed by atoms with Crippen molar-refractivity contribution in [3.8, 4) is 5.75 Å². The fraction of sp³-hybridized carbons (Fsp3) is 0.276. The Balaban J connectivity index is 1.54. The standard InChI is InChI=1S/C29H30N4O4/c1-3-37-24-12-6-20(7-13-24)27(34)25-26(21-5-4-14-30-19-21)33(29(36)28(25)35)23-10-8-22(9-11-23)32-17-15-31(2)16-18-32/h4-14,19,26,34H,3,15-18H2,1-2H3/b27-25+. The number of likely N-dealkylation sites (N-methyl/N-ethyl adjacent to an activating group) is 1. The topological polar surface area (TPSA) is 86.2 Å². The van der Waals surface area contributed by atoms with Gasteiger partial charge >= 0.3 is 0 Å². The van der Waals surface area contributed by atoms with E-state index in [9.17, 15) is 14.7 Å². The third-order valence-corrected chi connectivity index (χ3v) is 6.88. The van der Waals surface area contributed by atoms with Gasteiger partial charge in [-0.05, 0) is 74.1 Å². The number of hydrogen-bond donors (Lipinski definition) is 1. The SMILES string of the molecule is CCOc1ccc(/C(O)=C2\C(=O)C(=O)N(c3ccc(N4CCN(C)CC4)cc3)C2c2cccnc2)cc1. The van der Waals surface area contributed by atoms with Crippen LogP contribution in [0.5, 0.6) is 5.75 Å². The van der Waals surface area contributed by atoms with E-state index in [4.69, 9.17) is 4.74 Å². The summed E-state index contributed by atoms with van der Waals surface area (Å²) in [6, 6.07) is 17.2. The van der Waals surface area contributed by atoms with Crippen LogP contribution >= 0.6 is 0 Å². The molecule has 2 saturated heterocycles. The first-order valence-corrected chi connectivity index (χ1v) is 12.5. The number of carbonyl (C=O) groups excluding carboxylic acids is 2. The first-order chi connectivity index (χ1) is 18.0. The Kier molecular flexibility index (Phi) is 6.92. The normalized spacial score (nSPS) is 19.9. The van der Waals surface area contributed by atoms with E-state index in [2.05, 4.69) is 21.8 Å². The summed E-state index contributed by atoms with van der Waals surface area (Å²) < 4.78 is 5.49. The number of Topliss-reactive ketones (excluding diaryl/α,β-unsaturated/α-hetero) is 1. The second-order valence-electron chi connectivity index (χ2n) is 9.22. The Labute approximate surface area is 216 Å². The van der Waals surface area contributed by atoms with Gasteiger partial charge < -0.3 is 19.6 Å². The minimum atomic E-state index is -0.810. The molecule has 2 fully saturated rings. The molecule has 2 aliphatic heterocycles. The zero-order chi connectivity index (χ0) is 25.9. The van der Waals surface area contributed by atoms with Crippen molar-refractivity contribution in [3.63, 3.8) is 0 Å². The lowest BCUT2D eigenvalue weighted by Crippen LogP contribution is -2.44. The summed E-state index contributed by atoms with van der Waals surface area (Å²) in [5.41, 5.74) is 2.75. The molecular formula is C29H30N4O4. The summed E-state index contributed by atoms with van der Waals surface area (Å²) in [7, 11) is 2.11. The number of nitrogens with zero attached hydrogens (tertiary/aromatic N) is 4. The van der Waals surface area contributed by atoms with Crippen molar-refractivity contribution in [2.24, 2.45) is 0 Å². The fourth-order valence-electron chi connectivity index (χ4n) is 4.87. The number of ketones is 1. The van der Waals surface area contributed by atoms with E-state index in [0.29, 0.717) is 29.2 Å². The molecule has 3 aromatic rings. The Hall–Kier alpha value is -4.17. The maximum absolute atomic E-state index is 13.4. The first-order valence-electron chi connectivity index (χ1n) is 12.5. The van der Waals surface area contributed by atoms with Crippen molar-refractivity contribution >= 4 is 28.8 Å². The average Bonchev–Trinajstić information content (AvgIpc) is 3.20. The molecule has 0 saturated carbocycles. The van der Waals surface area contributed by atoms with Crippen molar-refractivity contribution in [2.75, 3.05) is 49.6 Å². The minimum absolute atomic E-state index is 0.0327. The highest BCUT2D eigenvalue weighted by atomic mass is 16.5. The van der Waals surface area contributed by atoms with Gasteiger partial charge in [0.2, 0.25) is 0 Å². The number of rotatable bonds is 6. The molecule has 2 aromatic carbocycles. The molecule has 1 amide bonds. The second-order valence-corrected chi connectivity index (χ2v) is 9.22. The molecule has 0 spiro atoms. The maximum Gasteiger partial charge on any atom is 0.300 e. The number of anilines is 2. The number of benzene rings is 2. The van der Waals surface area contributed by atoms with E-state index in [-0.39, 0.29) is 11.3 Å². The molecule has 0 bridgehead atoms. The molecule has 1 atom stereocenters. The molecule has 1 unspecified atom stereocenters. The van der Waals surface area contributed by atoms with Gasteiger partial charge in [-0.1, -0.05) is 6.07 Å². The molecule has 8 heteroatoms. The largest absolute Gasteiger partial charge is 0.507 e. The molecule has 2 aliphatic rings. The summed E-state index contributed by atoms with van der Waals surface area (Å²) in [4.78, 5) is 37.0. The number of amides is 1. The van der Waals surface area contributed by atoms with Gasteiger partial charge in [-0.25, -0.2) is 0 Å². The molecule has 37 heavy (non-hydrogen) atoms. The number of carbonyl (C=O) groups is 2. The number of ether oxygens (including phenoxy) is 1. The van der Waals surface area contributed by atoms with E-state index >= 15 is 0 Å². The zero-order valence-electron chi connectivity index (χ0n) is 21.0. The lowest BCUT2D eigenvalue weighted by Gasteiger charge is -2.34. The lowest BCUT2D eigenvalue weighted by atomic mass is 9.96. The number of hydrogen-bond acceptors (Lipinski definition) is 7. The van der Waals surface area contributed by atoms with Crippen molar-refractivity contribution in [1.29, 1.82) is 0 Å². The lowest BCUT2D eigenvalue weighted by molar-refractivity contribution is -0.132. The Bertz CT molecular complexity index is 1300. The van der Waals surface area contributed by atoms with Gasteiger partial charge in [0.05, 0.1) is 18.2 Å². The van der Waals surface area contributed by atoms with Crippen LogP contribution in [0.1, 0.15) is 24.1 Å².